The van der Waals surface area contributed by atoms with Crippen LogP contribution < -0.4 is 20.2 Å². The van der Waals surface area contributed by atoms with Gasteiger partial charge in [0, 0.05) is 29.2 Å². The van der Waals surface area contributed by atoms with Crippen molar-refractivity contribution in [2.75, 3.05) is 13.7 Å². The number of amides is 2. The number of carbonyl (C=O) groups is 2. The minimum atomic E-state index is -0.833. The van der Waals surface area contributed by atoms with Crippen LogP contribution in [-0.2, 0) is 16.1 Å². The van der Waals surface area contributed by atoms with Crippen molar-refractivity contribution in [3.05, 3.63) is 77.1 Å². The molecule has 2 N–H and O–H groups in total. The second-order valence-electron chi connectivity index (χ2n) is 7.32. The Morgan fingerprint density at radius 3 is 2.30 bits per heavy atom. The van der Waals surface area contributed by atoms with Crippen LogP contribution in [0.25, 0.3) is 5.69 Å². The summed E-state index contributed by atoms with van der Waals surface area (Å²) in [5, 5.41) is 6.52. The normalized spacial score (nSPS) is 10.8. The fraction of sp³-hybridized carbons (Fsp3) is 0.240. The third-order valence-corrected chi connectivity index (χ3v) is 5.06. The van der Waals surface area contributed by atoms with Crippen molar-refractivity contribution < 1.29 is 19.1 Å². The predicted molar refractivity (Wildman–Crippen MR) is 127 cm³/mol. The number of benzene rings is 2. The van der Waals surface area contributed by atoms with Gasteiger partial charge in [-0.1, -0.05) is 12.1 Å². The average Bonchev–Trinajstić information content (AvgIpc) is 3.11. The lowest BCUT2D eigenvalue weighted by Gasteiger charge is -2.10. The highest BCUT2D eigenvalue weighted by Gasteiger charge is 2.13. The Balaban J connectivity index is 1.58. The molecule has 0 unspecified atom stereocenters. The highest BCUT2D eigenvalue weighted by Crippen LogP contribution is 2.22. The van der Waals surface area contributed by atoms with Gasteiger partial charge < -0.3 is 19.4 Å². The molecule has 0 saturated heterocycles. The highest BCUT2D eigenvalue weighted by molar-refractivity contribution is 6.35. The molecule has 0 aliphatic heterocycles. The maximum atomic E-state index is 12.0. The van der Waals surface area contributed by atoms with Crippen molar-refractivity contribution in [2.24, 2.45) is 5.10 Å². The van der Waals surface area contributed by atoms with E-state index < -0.39 is 11.8 Å². The Labute approximate surface area is 193 Å². The molecule has 172 valence electrons. The van der Waals surface area contributed by atoms with E-state index in [1.54, 1.807) is 19.2 Å². The molecular formula is C25H28N4O4. The molecule has 8 nitrogen and oxygen atoms in total. The number of carbonyl (C=O) groups excluding carboxylic acids is 2. The predicted octanol–water partition coefficient (Wildman–Crippen LogP) is 3.27. The number of nitrogens with one attached hydrogen (secondary N) is 2. The van der Waals surface area contributed by atoms with Crippen molar-refractivity contribution in [1.29, 1.82) is 0 Å². The molecule has 33 heavy (non-hydrogen) atoms. The van der Waals surface area contributed by atoms with E-state index in [1.165, 1.54) is 6.21 Å². The van der Waals surface area contributed by atoms with Crippen LogP contribution in [-0.4, -0.2) is 36.3 Å². The number of nitrogens with zero attached hydrogens (tertiary/aromatic N) is 2. The highest BCUT2D eigenvalue weighted by atomic mass is 16.5. The van der Waals surface area contributed by atoms with Crippen molar-refractivity contribution in [3.63, 3.8) is 0 Å². The molecule has 1 heterocycles. The van der Waals surface area contributed by atoms with Crippen molar-refractivity contribution in [2.45, 2.75) is 27.3 Å². The molecule has 0 fully saturated rings. The summed E-state index contributed by atoms with van der Waals surface area (Å²) in [7, 11) is 1.58. The Hall–Kier alpha value is -4.07. The van der Waals surface area contributed by atoms with Crippen molar-refractivity contribution >= 4 is 18.0 Å². The molecule has 0 spiro atoms. The first-order valence-corrected chi connectivity index (χ1v) is 10.6. The average molecular weight is 449 g/mol. The van der Waals surface area contributed by atoms with Gasteiger partial charge in [-0.15, -0.1) is 0 Å². The Morgan fingerprint density at radius 2 is 1.67 bits per heavy atom. The number of aromatic nitrogens is 1. The van der Waals surface area contributed by atoms with Gasteiger partial charge in [0.05, 0.1) is 19.9 Å². The zero-order chi connectivity index (χ0) is 23.8. The largest absolute Gasteiger partial charge is 0.497 e. The molecule has 3 aromatic rings. The van der Waals surface area contributed by atoms with Crippen LogP contribution in [0.5, 0.6) is 11.5 Å². The Morgan fingerprint density at radius 1 is 1.00 bits per heavy atom. The Bertz CT molecular complexity index is 1130. The first-order valence-electron chi connectivity index (χ1n) is 10.6. The van der Waals surface area contributed by atoms with Crippen molar-refractivity contribution in [3.8, 4) is 17.2 Å². The van der Waals surface area contributed by atoms with Crippen LogP contribution >= 0.6 is 0 Å². The standard InChI is InChI=1S/C25H28N4O4/c1-5-33-23-12-8-21(9-13-23)29-17(2)14-20(18(29)3)16-27-28-25(31)24(30)26-15-19-6-10-22(32-4)11-7-19/h6-14,16H,5,15H2,1-4H3,(H,26,30)(H,28,31)/b27-16-. The topological polar surface area (TPSA) is 94.0 Å². The van der Waals surface area contributed by atoms with Gasteiger partial charge in [-0.2, -0.15) is 5.10 Å². The summed E-state index contributed by atoms with van der Waals surface area (Å²) in [5.74, 6) is -0.0552. The van der Waals surface area contributed by atoms with Gasteiger partial charge in [0.1, 0.15) is 11.5 Å². The quantitative estimate of drug-likeness (QED) is 0.314. The molecule has 8 heteroatoms. The molecule has 3 rings (SSSR count). The lowest BCUT2D eigenvalue weighted by atomic mass is 10.2. The maximum Gasteiger partial charge on any atom is 0.329 e. The van der Waals surface area contributed by atoms with Gasteiger partial charge in [0.15, 0.2) is 0 Å². The molecule has 1 aromatic heterocycles. The molecular weight excluding hydrogens is 420 g/mol. The number of hydrogen-bond acceptors (Lipinski definition) is 5. The molecule has 0 bridgehead atoms. The lowest BCUT2D eigenvalue weighted by Crippen LogP contribution is -2.37. The summed E-state index contributed by atoms with van der Waals surface area (Å²) in [6.45, 7) is 6.75. The van der Waals surface area contributed by atoms with Crippen LogP contribution in [0.2, 0.25) is 0 Å². The third-order valence-electron chi connectivity index (χ3n) is 5.06. The number of hydrogen-bond donors (Lipinski definition) is 2. The van der Waals surface area contributed by atoms with Gasteiger partial charge in [0.2, 0.25) is 0 Å². The molecule has 0 atom stereocenters. The summed E-state index contributed by atoms with van der Waals surface area (Å²) < 4.78 is 12.7. The monoisotopic (exact) mass is 448 g/mol. The van der Waals surface area contributed by atoms with E-state index in [2.05, 4.69) is 20.4 Å². The van der Waals surface area contributed by atoms with E-state index in [4.69, 9.17) is 9.47 Å². The number of aryl methyl sites for hydroxylation is 1. The van der Waals surface area contributed by atoms with Crippen molar-refractivity contribution in [1.82, 2.24) is 15.3 Å². The second kappa shape index (κ2) is 11.0. The smallest absolute Gasteiger partial charge is 0.329 e. The minimum Gasteiger partial charge on any atom is -0.497 e. The van der Waals surface area contributed by atoms with E-state index in [0.29, 0.717) is 6.61 Å². The van der Waals surface area contributed by atoms with Crippen LogP contribution in [0.3, 0.4) is 0 Å². The van der Waals surface area contributed by atoms with Gasteiger partial charge in [0.25, 0.3) is 0 Å². The molecule has 2 aromatic carbocycles. The van der Waals surface area contributed by atoms with E-state index in [0.717, 1.165) is 39.7 Å². The minimum absolute atomic E-state index is 0.225. The zero-order valence-electron chi connectivity index (χ0n) is 19.2. The van der Waals surface area contributed by atoms with E-state index in [-0.39, 0.29) is 6.54 Å². The summed E-state index contributed by atoms with van der Waals surface area (Å²) >= 11 is 0. The number of methoxy groups -OCH3 is 1. The second-order valence-corrected chi connectivity index (χ2v) is 7.32. The number of rotatable bonds is 8. The first kappa shape index (κ1) is 23.6. The molecule has 0 aliphatic carbocycles. The van der Waals surface area contributed by atoms with Crippen LogP contribution in [0.1, 0.15) is 29.4 Å². The summed E-state index contributed by atoms with van der Waals surface area (Å²) in [5.41, 5.74) is 6.93. The zero-order valence-corrected chi connectivity index (χ0v) is 19.2. The Kier molecular flexibility index (Phi) is 7.86. The van der Waals surface area contributed by atoms with Gasteiger partial charge >= 0.3 is 11.8 Å². The van der Waals surface area contributed by atoms with Crippen LogP contribution in [0, 0.1) is 13.8 Å². The van der Waals surface area contributed by atoms with Gasteiger partial charge in [-0.05, 0) is 68.8 Å². The first-order chi connectivity index (χ1) is 15.9. The summed E-state index contributed by atoms with van der Waals surface area (Å²) in [4.78, 5) is 24.1. The van der Waals surface area contributed by atoms with E-state index >= 15 is 0 Å². The van der Waals surface area contributed by atoms with Gasteiger partial charge in [-0.25, -0.2) is 5.43 Å². The fourth-order valence-corrected chi connectivity index (χ4v) is 3.39. The van der Waals surface area contributed by atoms with E-state index in [1.807, 2.05) is 63.2 Å². The van der Waals surface area contributed by atoms with Gasteiger partial charge in [-0.3, -0.25) is 9.59 Å². The summed E-state index contributed by atoms with van der Waals surface area (Å²) in [6.07, 6.45) is 1.53. The fourth-order valence-electron chi connectivity index (χ4n) is 3.39. The molecule has 2 amide bonds. The number of hydrazone groups is 1. The maximum absolute atomic E-state index is 12.0. The van der Waals surface area contributed by atoms with Crippen LogP contribution in [0.4, 0.5) is 0 Å². The molecule has 0 aliphatic rings. The lowest BCUT2D eigenvalue weighted by molar-refractivity contribution is -0.139. The number of ether oxygens (including phenoxy) is 2. The summed E-state index contributed by atoms with van der Waals surface area (Å²) in [6, 6.07) is 17.0. The SMILES string of the molecule is CCOc1ccc(-n2c(C)cc(/C=N\NC(=O)C(=O)NCc3ccc(OC)cc3)c2C)cc1. The molecule has 0 saturated carbocycles. The molecule has 0 radical (unpaired) electrons. The van der Waals surface area contributed by atoms with E-state index in [9.17, 15) is 9.59 Å². The van der Waals surface area contributed by atoms with Crippen LogP contribution in [0.15, 0.2) is 59.7 Å². The third kappa shape index (κ3) is 6.00.